The van der Waals surface area contributed by atoms with Crippen LogP contribution < -0.4 is 0 Å². The first-order chi connectivity index (χ1) is 7.25. The van der Waals surface area contributed by atoms with Crippen LogP contribution in [0.1, 0.15) is 12.0 Å². The molecule has 1 N–H and O–H groups in total. The Kier molecular flexibility index (Phi) is 3.62. The minimum absolute atomic E-state index is 0.281. The molecule has 0 saturated carbocycles. The first-order valence-electron chi connectivity index (χ1n) is 5.26. The second-order valence-corrected chi connectivity index (χ2v) is 4.46. The molecule has 0 aromatic heterocycles. The zero-order valence-corrected chi connectivity index (χ0v) is 9.28. The third-order valence-corrected chi connectivity index (χ3v) is 3.08. The highest BCUT2D eigenvalue weighted by atomic mass is 35.5. The number of ether oxygens (including phenoxy) is 1. The zero-order valence-electron chi connectivity index (χ0n) is 8.53. The molecule has 0 aliphatic carbocycles. The van der Waals surface area contributed by atoms with Crippen LogP contribution in [0.15, 0.2) is 24.3 Å². The van der Waals surface area contributed by atoms with Gasteiger partial charge in [-0.25, -0.2) is 0 Å². The Morgan fingerprint density at radius 3 is 3.07 bits per heavy atom. The number of rotatable bonds is 3. The van der Waals surface area contributed by atoms with E-state index in [4.69, 9.17) is 16.3 Å². The van der Waals surface area contributed by atoms with Gasteiger partial charge in [0.1, 0.15) is 0 Å². The van der Waals surface area contributed by atoms with Gasteiger partial charge in [-0.05, 0) is 30.5 Å². The van der Waals surface area contributed by atoms with E-state index in [0.29, 0.717) is 13.0 Å². The van der Waals surface area contributed by atoms with Gasteiger partial charge in [-0.3, -0.25) is 0 Å². The standard InChI is InChI=1S/C12H15ClO2/c13-11-3-1-2-9(6-11)7-12(14)10-4-5-15-8-10/h1-3,6,10,12,14H,4-5,7-8H2. The molecule has 2 rings (SSSR count). The molecule has 0 spiro atoms. The lowest BCUT2D eigenvalue weighted by atomic mass is 9.96. The van der Waals surface area contributed by atoms with Crippen molar-refractivity contribution >= 4 is 11.6 Å². The molecule has 2 unspecified atom stereocenters. The Balaban J connectivity index is 1.95. The molecule has 82 valence electrons. The van der Waals surface area contributed by atoms with Crippen molar-refractivity contribution < 1.29 is 9.84 Å². The molecule has 1 saturated heterocycles. The number of aliphatic hydroxyl groups is 1. The van der Waals surface area contributed by atoms with Gasteiger partial charge in [0.25, 0.3) is 0 Å². The lowest BCUT2D eigenvalue weighted by molar-refractivity contribution is 0.0919. The van der Waals surface area contributed by atoms with Crippen LogP contribution in [0.5, 0.6) is 0 Å². The lowest BCUT2D eigenvalue weighted by Crippen LogP contribution is -2.22. The average Bonchev–Trinajstić information content (AvgIpc) is 2.70. The van der Waals surface area contributed by atoms with Crippen molar-refractivity contribution in [2.75, 3.05) is 13.2 Å². The van der Waals surface area contributed by atoms with Crippen LogP contribution in [0, 0.1) is 5.92 Å². The predicted octanol–water partition coefficient (Wildman–Crippen LogP) is 2.28. The van der Waals surface area contributed by atoms with E-state index in [1.165, 1.54) is 0 Å². The molecule has 1 aromatic rings. The van der Waals surface area contributed by atoms with E-state index < -0.39 is 0 Å². The van der Waals surface area contributed by atoms with Gasteiger partial charge in [0.2, 0.25) is 0 Å². The van der Waals surface area contributed by atoms with Crippen molar-refractivity contribution in [3.63, 3.8) is 0 Å². The van der Waals surface area contributed by atoms with Gasteiger partial charge >= 0.3 is 0 Å². The summed E-state index contributed by atoms with van der Waals surface area (Å²) in [7, 11) is 0. The van der Waals surface area contributed by atoms with Crippen molar-refractivity contribution in [3.05, 3.63) is 34.9 Å². The maximum Gasteiger partial charge on any atom is 0.0631 e. The Bertz CT molecular complexity index is 321. The van der Waals surface area contributed by atoms with E-state index in [-0.39, 0.29) is 12.0 Å². The van der Waals surface area contributed by atoms with Crippen LogP contribution in [0.4, 0.5) is 0 Å². The maximum absolute atomic E-state index is 9.97. The van der Waals surface area contributed by atoms with Crippen LogP contribution in [0.2, 0.25) is 5.02 Å². The summed E-state index contributed by atoms with van der Waals surface area (Å²) >= 11 is 5.88. The van der Waals surface area contributed by atoms with Crippen LogP contribution >= 0.6 is 11.6 Å². The van der Waals surface area contributed by atoms with Gasteiger partial charge in [-0.2, -0.15) is 0 Å². The fourth-order valence-electron chi connectivity index (χ4n) is 1.93. The maximum atomic E-state index is 9.97. The molecule has 15 heavy (non-hydrogen) atoms. The van der Waals surface area contributed by atoms with Crippen molar-refractivity contribution in [2.24, 2.45) is 5.92 Å². The lowest BCUT2D eigenvalue weighted by Gasteiger charge is -2.16. The summed E-state index contributed by atoms with van der Waals surface area (Å²) in [5, 5.41) is 10.7. The van der Waals surface area contributed by atoms with Crippen molar-refractivity contribution in [1.29, 1.82) is 0 Å². The van der Waals surface area contributed by atoms with Gasteiger partial charge in [-0.15, -0.1) is 0 Å². The Labute approximate surface area is 94.8 Å². The molecule has 1 aliphatic rings. The van der Waals surface area contributed by atoms with Gasteiger partial charge < -0.3 is 9.84 Å². The second kappa shape index (κ2) is 4.97. The van der Waals surface area contributed by atoms with Crippen molar-refractivity contribution in [3.8, 4) is 0 Å². The monoisotopic (exact) mass is 226 g/mol. The number of hydrogen-bond donors (Lipinski definition) is 1. The summed E-state index contributed by atoms with van der Waals surface area (Å²) in [6.45, 7) is 1.46. The van der Waals surface area contributed by atoms with Gasteiger partial charge in [0.15, 0.2) is 0 Å². The van der Waals surface area contributed by atoms with E-state index in [1.54, 1.807) is 0 Å². The van der Waals surface area contributed by atoms with E-state index in [9.17, 15) is 5.11 Å². The van der Waals surface area contributed by atoms with Crippen LogP contribution in [-0.2, 0) is 11.2 Å². The minimum atomic E-state index is -0.314. The van der Waals surface area contributed by atoms with Gasteiger partial charge in [0.05, 0.1) is 12.7 Å². The fourth-order valence-corrected chi connectivity index (χ4v) is 2.14. The largest absolute Gasteiger partial charge is 0.392 e. The van der Waals surface area contributed by atoms with E-state index in [1.807, 2.05) is 24.3 Å². The van der Waals surface area contributed by atoms with E-state index in [2.05, 4.69) is 0 Å². The molecule has 0 radical (unpaired) electrons. The zero-order chi connectivity index (χ0) is 10.7. The molecule has 0 amide bonds. The Morgan fingerprint density at radius 2 is 2.40 bits per heavy atom. The normalized spacial score (nSPS) is 22.9. The Morgan fingerprint density at radius 1 is 1.53 bits per heavy atom. The second-order valence-electron chi connectivity index (χ2n) is 4.03. The molecule has 1 aliphatic heterocycles. The van der Waals surface area contributed by atoms with Crippen LogP contribution in [-0.4, -0.2) is 24.4 Å². The molecule has 0 bridgehead atoms. The van der Waals surface area contributed by atoms with E-state index in [0.717, 1.165) is 23.6 Å². The van der Waals surface area contributed by atoms with Gasteiger partial charge in [-0.1, -0.05) is 23.7 Å². The highest BCUT2D eigenvalue weighted by molar-refractivity contribution is 6.30. The third kappa shape index (κ3) is 2.94. The molecule has 1 fully saturated rings. The smallest absolute Gasteiger partial charge is 0.0631 e. The summed E-state index contributed by atoms with van der Waals surface area (Å²) in [6.07, 6.45) is 1.31. The Hall–Kier alpha value is -0.570. The highest BCUT2D eigenvalue weighted by Gasteiger charge is 2.23. The summed E-state index contributed by atoms with van der Waals surface area (Å²) in [5.74, 6) is 0.281. The first kappa shape index (κ1) is 10.9. The number of halogens is 1. The van der Waals surface area contributed by atoms with Crippen LogP contribution in [0.3, 0.4) is 0 Å². The van der Waals surface area contributed by atoms with E-state index >= 15 is 0 Å². The fraction of sp³-hybridized carbons (Fsp3) is 0.500. The SMILES string of the molecule is OC(Cc1cccc(Cl)c1)C1CCOC1. The highest BCUT2D eigenvalue weighted by Crippen LogP contribution is 2.20. The average molecular weight is 227 g/mol. The number of hydrogen-bond acceptors (Lipinski definition) is 2. The molecule has 2 nitrogen and oxygen atoms in total. The first-order valence-corrected chi connectivity index (χ1v) is 5.64. The quantitative estimate of drug-likeness (QED) is 0.857. The summed E-state index contributed by atoms with van der Waals surface area (Å²) in [4.78, 5) is 0. The number of aliphatic hydroxyl groups excluding tert-OH is 1. The summed E-state index contributed by atoms with van der Waals surface area (Å²) < 4.78 is 5.25. The minimum Gasteiger partial charge on any atom is -0.392 e. The molecule has 3 heteroatoms. The summed E-state index contributed by atoms with van der Waals surface area (Å²) in [5.41, 5.74) is 1.09. The molecule has 1 aromatic carbocycles. The summed E-state index contributed by atoms with van der Waals surface area (Å²) in [6, 6.07) is 7.65. The predicted molar refractivity (Wildman–Crippen MR) is 60.1 cm³/mol. The topological polar surface area (TPSA) is 29.5 Å². The molecular weight excluding hydrogens is 212 g/mol. The van der Waals surface area contributed by atoms with Crippen LogP contribution in [0.25, 0.3) is 0 Å². The van der Waals surface area contributed by atoms with Crippen molar-refractivity contribution in [1.82, 2.24) is 0 Å². The number of benzene rings is 1. The molecule has 2 atom stereocenters. The molecular formula is C12H15ClO2. The van der Waals surface area contributed by atoms with Gasteiger partial charge in [0, 0.05) is 17.5 Å². The van der Waals surface area contributed by atoms with Crippen molar-refractivity contribution in [2.45, 2.75) is 18.9 Å². The molecule has 1 heterocycles. The third-order valence-electron chi connectivity index (χ3n) is 2.84.